The number of benzene rings is 7. The van der Waals surface area contributed by atoms with Crippen molar-refractivity contribution >= 4 is 0 Å². The summed E-state index contributed by atoms with van der Waals surface area (Å²) < 4.78 is 0. The number of nitrogens with zero attached hydrogens (tertiary/aromatic N) is 3. The second kappa shape index (κ2) is 12.5. The van der Waals surface area contributed by atoms with Gasteiger partial charge in [0, 0.05) is 22.1 Å². The Balaban J connectivity index is 1.13. The molecule has 1 aliphatic carbocycles. The van der Waals surface area contributed by atoms with E-state index < -0.39 is 0 Å². The molecule has 0 atom stereocenters. The summed E-state index contributed by atoms with van der Waals surface area (Å²) in [4.78, 5) is 15.2. The summed E-state index contributed by atoms with van der Waals surface area (Å²) in [7, 11) is 0. The van der Waals surface area contributed by atoms with E-state index in [0.29, 0.717) is 17.5 Å². The van der Waals surface area contributed by atoms with Crippen LogP contribution >= 0.6 is 0 Å². The van der Waals surface area contributed by atoms with Gasteiger partial charge in [-0.1, -0.05) is 172 Å². The van der Waals surface area contributed by atoms with Crippen molar-refractivity contribution in [2.45, 2.75) is 19.3 Å². The number of rotatable bonds is 6. The maximum Gasteiger partial charge on any atom is 0.164 e. The molecule has 51 heavy (non-hydrogen) atoms. The van der Waals surface area contributed by atoms with Gasteiger partial charge in [-0.05, 0) is 73.8 Å². The molecule has 7 aromatic carbocycles. The summed E-state index contributed by atoms with van der Waals surface area (Å²) in [5.74, 6) is 1.92. The molecule has 3 heteroatoms. The molecule has 0 saturated heterocycles. The predicted molar refractivity (Wildman–Crippen MR) is 210 cm³/mol. The SMILES string of the molecule is CC1(C)c2ccccc2-c2cc(-c3ccc(-c4nc(-c5cccc(-c6ccccc6)c5)nc(-c5cccc(-c6ccccc6)c5)n4)cc3)ccc21. The van der Waals surface area contributed by atoms with Crippen LogP contribution in [0.25, 0.3) is 78.7 Å². The molecule has 3 nitrogen and oxygen atoms in total. The second-order valence-electron chi connectivity index (χ2n) is 13.7. The Hall–Kier alpha value is -6.45. The highest BCUT2D eigenvalue weighted by atomic mass is 15.0. The van der Waals surface area contributed by atoms with Crippen molar-refractivity contribution in [2.75, 3.05) is 0 Å². The van der Waals surface area contributed by atoms with Crippen LogP contribution in [0.3, 0.4) is 0 Å². The number of aromatic nitrogens is 3. The van der Waals surface area contributed by atoms with E-state index in [1.165, 1.54) is 27.8 Å². The standard InChI is InChI=1S/C48H35N3/c1-48(2)43-22-10-9-21-41(43)42-31-38(27-28-44(42)48)34-23-25-35(26-24-34)45-49-46(39-19-11-17-36(29-39)32-13-5-3-6-14-32)51-47(50-45)40-20-12-18-37(30-40)33-15-7-4-8-16-33/h3-31H,1-2H3. The van der Waals surface area contributed by atoms with Gasteiger partial charge in [0.05, 0.1) is 0 Å². The Bertz CT molecular complexity index is 2430. The van der Waals surface area contributed by atoms with Crippen molar-refractivity contribution in [3.8, 4) is 78.7 Å². The van der Waals surface area contributed by atoms with Gasteiger partial charge in [-0.2, -0.15) is 0 Å². The van der Waals surface area contributed by atoms with Crippen LogP contribution in [0.4, 0.5) is 0 Å². The zero-order chi connectivity index (χ0) is 34.4. The van der Waals surface area contributed by atoms with E-state index in [9.17, 15) is 0 Å². The third kappa shape index (κ3) is 5.63. The fourth-order valence-corrected chi connectivity index (χ4v) is 7.41. The molecule has 9 rings (SSSR count). The molecule has 1 aliphatic rings. The number of fused-ring (bicyclic) bond motifs is 3. The summed E-state index contributed by atoms with van der Waals surface area (Å²) in [5.41, 5.74) is 15.1. The van der Waals surface area contributed by atoms with E-state index in [0.717, 1.165) is 44.5 Å². The Morgan fingerprint density at radius 2 is 0.686 bits per heavy atom. The maximum absolute atomic E-state index is 5.08. The van der Waals surface area contributed by atoms with Crippen LogP contribution in [0.2, 0.25) is 0 Å². The molecule has 0 radical (unpaired) electrons. The quantitative estimate of drug-likeness (QED) is 0.179. The van der Waals surface area contributed by atoms with Crippen molar-refractivity contribution < 1.29 is 0 Å². The minimum Gasteiger partial charge on any atom is -0.208 e. The van der Waals surface area contributed by atoms with Gasteiger partial charge >= 0.3 is 0 Å². The lowest BCUT2D eigenvalue weighted by atomic mass is 9.82. The topological polar surface area (TPSA) is 38.7 Å². The summed E-state index contributed by atoms with van der Waals surface area (Å²) in [6, 6.07) is 62.0. The fourth-order valence-electron chi connectivity index (χ4n) is 7.41. The molecule has 0 saturated carbocycles. The highest BCUT2D eigenvalue weighted by Crippen LogP contribution is 2.49. The van der Waals surface area contributed by atoms with E-state index in [2.05, 4.69) is 178 Å². The van der Waals surface area contributed by atoms with Crippen LogP contribution < -0.4 is 0 Å². The van der Waals surface area contributed by atoms with Crippen LogP contribution in [0.1, 0.15) is 25.0 Å². The molecule has 0 fully saturated rings. The first kappa shape index (κ1) is 30.6. The van der Waals surface area contributed by atoms with Gasteiger partial charge in [0.25, 0.3) is 0 Å². The summed E-state index contributed by atoms with van der Waals surface area (Å²) in [6.45, 7) is 4.64. The van der Waals surface area contributed by atoms with Crippen LogP contribution in [0, 0.1) is 0 Å². The van der Waals surface area contributed by atoms with Gasteiger partial charge in [-0.15, -0.1) is 0 Å². The van der Waals surface area contributed by atoms with Crippen LogP contribution in [-0.2, 0) is 5.41 Å². The van der Waals surface area contributed by atoms with Crippen LogP contribution in [0.5, 0.6) is 0 Å². The Labute approximate surface area is 299 Å². The third-order valence-corrected chi connectivity index (χ3v) is 10.2. The highest BCUT2D eigenvalue weighted by molar-refractivity contribution is 5.85. The van der Waals surface area contributed by atoms with Crippen molar-refractivity contribution in [3.05, 3.63) is 187 Å². The summed E-state index contributed by atoms with van der Waals surface area (Å²) in [6.07, 6.45) is 0. The zero-order valence-electron chi connectivity index (χ0n) is 28.6. The van der Waals surface area contributed by atoms with Gasteiger partial charge in [0.15, 0.2) is 17.5 Å². The first-order chi connectivity index (χ1) is 25.0. The third-order valence-electron chi connectivity index (χ3n) is 10.2. The van der Waals surface area contributed by atoms with Gasteiger partial charge in [0.2, 0.25) is 0 Å². The molecule has 0 unspecified atom stereocenters. The lowest BCUT2D eigenvalue weighted by Crippen LogP contribution is -2.14. The molecule has 1 heterocycles. The Morgan fingerprint density at radius 3 is 1.27 bits per heavy atom. The fraction of sp³-hybridized carbons (Fsp3) is 0.0625. The molecule has 0 spiro atoms. The molecular weight excluding hydrogens is 619 g/mol. The van der Waals surface area contributed by atoms with Gasteiger partial charge < -0.3 is 0 Å². The number of hydrogen-bond acceptors (Lipinski definition) is 3. The smallest absolute Gasteiger partial charge is 0.164 e. The maximum atomic E-state index is 5.08. The largest absolute Gasteiger partial charge is 0.208 e. The molecule has 8 aromatic rings. The molecule has 1 aromatic heterocycles. The molecule has 0 amide bonds. The average Bonchev–Trinajstić information content (AvgIpc) is 3.44. The first-order valence-corrected chi connectivity index (χ1v) is 17.4. The molecule has 0 bridgehead atoms. The molecular formula is C48H35N3. The Morgan fingerprint density at radius 1 is 0.294 bits per heavy atom. The van der Waals surface area contributed by atoms with E-state index in [-0.39, 0.29) is 5.41 Å². The summed E-state index contributed by atoms with van der Waals surface area (Å²) in [5, 5.41) is 0. The lowest BCUT2D eigenvalue weighted by molar-refractivity contribution is 0.660. The highest BCUT2D eigenvalue weighted by Gasteiger charge is 2.35. The normalized spacial score (nSPS) is 12.7. The minimum absolute atomic E-state index is 0.0103. The predicted octanol–water partition coefficient (Wildman–Crippen LogP) is 12.2. The van der Waals surface area contributed by atoms with Gasteiger partial charge in [-0.25, -0.2) is 15.0 Å². The first-order valence-electron chi connectivity index (χ1n) is 17.4. The molecule has 242 valence electrons. The second-order valence-corrected chi connectivity index (χ2v) is 13.7. The average molecular weight is 654 g/mol. The minimum atomic E-state index is -0.0103. The van der Waals surface area contributed by atoms with Crippen LogP contribution in [-0.4, -0.2) is 15.0 Å². The van der Waals surface area contributed by atoms with Crippen molar-refractivity contribution in [1.29, 1.82) is 0 Å². The van der Waals surface area contributed by atoms with E-state index in [4.69, 9.17) is 15.0 Å². The lowest BCUT2D eigenvalue weighted by Gasteiger charge is -2.21. The molecule has 0 N–H and O–H groups in total. The number of hydrogen-bond donors (Lipinski definition) is 0. The zero-order valence-corrected chi connectivity index (χ0v) is 28.6. The van der Waals surface area contributed by atoms with Crippen LogP contribution in [0.15, 0.2) is 176 Å². The van der Waals surface area contributed by atoms with E-state index >= 15 is 0 Å². The van der Waals surface area contributed by atoms with Gasteiger partial charge in [-0.3, -0.25) is 0 Å². The van der Waals surface area contributed by atoms with E-state index in [1.807, 2.05) is 12.1 Å². The van der Waals surface area contributed by atoms with Gasteiger partial charge in [0.1, 0.15) is 0 Å². The summed E-state index contributed by atoms with van der Waals surface area (Å²) >= 11 is 0. The van der Waals surface area contributed by atoms with Crippen molar-refractivity contribution in [3.63, 3.8) is 0 Å². The molecule has 0 aliphatic heterocycles. The monoisotopic (exact) mass is 653 g/mol. The van der Waals surface area contributed by atoms with E-state index in [1.54, 1.807) is 0 Å². The van der Waals surface area contributed by atoms with Crippen molar-refractivity contribution in [2.24, 2.45) is 0 Å². The van der Waals surface area contributed by atoms with Crippen molar-refractivity contribution in [1.82, 2.24) is 15.0 Å². The Kier molecular flexibility index (Phi) is 7.48.